The first-order valence-corrected chi connectivity index (χ1v) is 13.6. The molecular formula is C23H21F6N3O7S2. The molecule has 0 aliphatic carbocycles. The van der Waals surface area contributed by atoms with Crippen LogP contribution in [-0.2, 0) is 26.0 Å². The number of carbonyl (C=O) groups excluding carboxylic acids is 1. The van der Waals surface area contributed by atoms with Gasteiger partial charge in [0, 0.05) is 18.1 Å². The maximum Gasteiger partial charge on any atom is 0.404 e. The molecule has 2 heterocycles. The number of hydrogen-bond donors (Lipinski definition) is 2. The third-order valence-electron chi connectivity index (χ3n) is 5.68. The normalized spacial score (nSPS) is 13.4. The topological polar surface area (TPSA) is 149 Å². The van der Waals surface area contributed by atoms with Crippen molar-refractivity contribution >= 4 is 33.3 Å². The van der Waals surface area contributed by atoms with E-state index < -0.39 is 78.4 Å². The summed E-state index contributed by atoms with van der Waals surface area (Å²) in [4.78, 5) is 25.7. The van der Waals surface area contributed by atoms with Crippen molar-refractivity contribution in [2.24, 2.45) is 5.41 Å². The molecule has 0 radical (unpaired) electrons. The molecule has 0 amide bonds. The lowest BCUT2D eigenvalue weighted by Gasteiger charge is -2.19. The summed E-state index contributed by atoms with van der Waals surface area (Å²) < 4.78 is 118. The maximum absolute atomic E-state index is 15.2. The first-order chi connectivity index (χ1) is 18.8. The van der Waals surface area contributed by atoms with Crippen LogP contribution in [0.3, 0.4) is 0 Å². The van der Waals surface area contributed by atoms with Crippen molar-refractivity contribution in [1.82, 2.24) is 14.9 Å². The molecule has 0 saturated carbocycles. The molecular weight excluding hydrogens is 608 g/mol. The van der Waals surface area contributed by atoms with Gasteiger partial charge in [-0.25, -0.2) is 31.4 Å². The van der Waals surface area contributed by atoms with E-state index in [4.69, 9.17) is 9.26 Å². The van der Waals surface area contributed by atoms with E-state index in [1.54, 1.807) is 13.8 Å². The second-order valence-corrected chi connectivity index (χ2v) is 11.9. The summed E-state index contributed by atoms with van der Waals surface area (Å²) in [5, 5.41) is 13.2. The summed E-state index contributed by atoms with van der Waals surface area (Å²) in [7, 11) is -4.08. The molecule has 1 aromatic carbocycles. The van der Waals surface area contributed by atoms with Crippen LogP contribution in [-0.4, -0.2) is 54.9 Å². The summed E-state index contributed by atoms with van der Waals surface area (Å²) in [5.41, 5.74) is -4.22. The summed E-state index contributed by atoms with van der Waals surface area (Å²) >= 11 is 0.484. The number of carboxylic acids is 1. The van der Waals surface area contributed by atoms with Gasteiger partial charge in [-0.1, -0.05) is 11.2 Å². The molecule has 2 aromatic heterocycles. The number of carboxylic acid groups (broad SMARTS) is 1. The number of carbonyl (C=O) groups is 2. The Hall–Kier alpha value is -3.51. The quantitative estimate of drug-likeness (QED) is 0.228. The first-order valence-electron chi connectivity index (χ1n) is 11.3. The number of aromatic nitrogens is 2. The highest BCUT2D eigenvalue weighted by molar-refractivity contribution is 7.89. The standard InChI is InChI=1S/C23H21F6N3O7S2/c1-9(23(27,28)29)32-41(36,37)13-6-5-11(14(15(13)24)18(25)26)17-16(20(33)34)30-19(40-17)12-7-10(39-31-12)8-22(2,3)21(35)38-4/h5-7,9,18,32H,8H2,1-4H3,(H,33,34)/t9-/m0/s1. The fourth-order valence-corrected chi connectivity index (χ4v) is 5.96. The Kier molecular flexibility index (Phi) is 8.90. The number of esters is 1. The lowest BCUT2D eigenvalue weighted by Crippen LogP contribution is -2.43. The Morgan fingerprint density at radius 2 is 1.85 bits per heavy atom. The highest BCUT2D eigenvalue weighted by Crippen LogP contribution is 2.42. The first kappa shape index (κ1) is 32.0. The molecule has 0 spiro atoms. The van der Waals surface area contributed by atoms with Gasteiger partial charge in [0.2, 0.25) is 10.0 Å². The highest BCUT2D eigenvalue weighted by atomic mass is 32.2. The number of halogens is 6. The SMILES string of the molecule is COC(=O)C(C)(C)Cc1cc(-c2nc(C(=O)O)c(-c3ccc(S(=O)(=O)N[C@@H](C)C(F)(F)F)c(F)c3C(F)F)s2)no1. The van der Waals surface area contributed by atoms with Gasteiger partial charge in [-0.15, -0.1) is 11.3 Å². The zero-order valence-corrected chi connectivity index (χ0v) is 23.1. The molecule has 0 bridgehead atoms. The van der Waals surface area contributed by atoms with Crippen LogP contribution in [0.25, 0.3) is 21.1 Å². The van der Waals surface area contributed by atoms with E-state index in [2.05, 4.69) is 10.1 Å². The molecule has 0 unspecified atom stereocenters. The number of nitrogens with one attached hydrogen (secondary N) is 1. The average molecular weight is 630 g/mol. The number of methoxy groups -OCH3 is 1. The number of alkyl halides is 5. The van der Waals surface area contributed by atoms with Crippen LogP contribution < -0.4 is 4.72 Å². The van der Waals surface area contributed by atoms with E-state index in [9.17, 15) is 45.1 Å². The smallest absolute Gasteiger partial charge is 0.404 e. The van der Waals surface area contributed by atoms with Gasteiger partial charge in [0.15, 0.2) is 11.5 Å². The molecule has 10 nitrogen and oxygen atoms in total. The molecule has 224 valence electrons. The predicted molar refractivity (Wildman–Crippen MR) is 130 cm³/mol. The van der Waals surface area contributed by atoms with Crippen LogP contribution in [0.5, 0.6) is 0 Å². The van der Waals surface area contributed by atoms with Gasteiger partial charge in [-0.3, -0.25) is 4.79 Å². The van der Waals surface area contributed by atoms with Gasteiger partial charge < -0.3 is 14.4 Å². The van der Waals surface area contributed by atoms with E-state index in [-0.39, 0.29) is 22.9 Å². The average Bonchev–Trinajstić information content (AvgIpc) is 3.49. The lowest BCUT2D eigenvalue weighted by atomic mass is 9.88. The highest BCUT2D eigenvalue weighted by Gasteiger charge is 2.40. The van der Waals surface area contributed by atoms with Crippen LogP contribution in [0.4, 0.5) is 26.3 Å². The van der Waals surface area contributed by atoms with E-state index >= 15 is 4.39 Å². The molecule has 41 heavy (non-hydrogen) atoms. The van der Waals surface area contributed by atoms with Gasteiger partial charge >= 0.3 is 18.1 Å². The Bertz CT molecular complexity index is 1580. The van der Waals surface area contributed by atoms with Crippen LogP contribution in [0, 0.1) is 11.2 Å². The van der Waals surface area contributed by atoms with E-state index in [0.29, 0.717) is 30.4 Å². The Labute approximate surface area is 232 Å². The molecule has 0 fully saturated rings. The third kappa shape index (κ3) is 6.70. The Balaban J connectivity index is 2.11. The number of benzene rings is 1. The minimum atomic E-state index is -5.28. The van der Waals surface area contributed by atoms with Crippen molar-refractivity contribution < 1.29 is 58.7 Å². The molecule has 3 aromatic rings. The van der Waals surface area contributed by atoms with Crippen LogP contribution >= 0.6 is 11.3 Å². The van der Waals surface area contributed by atoms with Gasteiger partial charge in [-0.05, 0) is 26.8 Å². The Morgan fingerprint density at radius 1 is 1.22 bits per heavy atom. The third-order valence-corrected chi connectivity index (χ3v) is 8.35. The van der Waals surface area contributed by atoms with E-state index in [1.165, 1.54) is 17.9 Å². The van der Waals surface area contributed by atoms with Crippen LogP contribution in [0.15, 0.2) is 27.6 Å². The number of sulfonamides is 1. The van der Waals surface area contributed by atoms with Crippen molar-refractivity contribution in [2.75, 3.05) is 7.11 Å². The van der Waals surface area contributed by atoms with Gasteiger partial charge in [0.05, 0.1) is 23.0 Å². The number of nitrogens with zero attached hydrogens (tertiary/aromatic N) is 2. The summed E-state index contributed by atoms with van der Waals surface area (Å²) in [5.74, 6) is -4.18. The van der Waals surface area contributed by atoms with E-state index in [1.807, 2.05) is 0 Å². The van der Waals surface area contributed by atoms with Crippen molar-refractivity contribution in [3.05, 3.63) is 41.0 Å². The fourth-order valence-electron chi connectivity index (χ4n) is 3.59. The number of aromatic carboxylic acids is 1. The van der Waals surface area contributed by atoms with Crippen molar-refractivity contribution in [3.63, 3.8) is 0 Å². The van der Waals surface area contributed by atoms with Crippen LogP contribution in [0.1, 0.15) is 49.0 Å². The molecule has 0 aliphatic rings. The second kappa shape index (κ2) is 11.4. The summed E-state index contributed by atoms with van der Waals surface area (Å²) in [6, 6.07) is -0.268. The number of ether oxygens (including phenoxy) is 1. The monoisotopic (exact) mass is 629 g/mol. The van der Waals surface area contributed by atoms with Crippen molar-refractivity contribution in [2.45, 2.75) is 50.7 Å². The number of thiazole rings is 1. The van der Waals surface area contributed by atoms with Crippen molar-refractivity contribution in [1.29, 1.82) is 0 Å². The molecule has 3 rings (SSSR count). The molecule has 18 heteroatoms. The number of rotatable bonds is 10. The largest absolute Gasteiger partial charge is 0.476 e. The predicted octanol–water partition coefficient (Wildman–Crippen LogP) is 5.21. The van der Waals surface area contributed by atoms with E-state index in [0.717, 1.165) is 0 Å². The van der Waals surface area contributed by atoms with Gasteiger partial charge in [0.25, 0.3) is 6.43 Å². The Morgan fingerprint density at radius 3 is 2.39 bits per heavy atom. The fraction of sp³-hybridized carbons (Fsp3) is 0.391. The molecule has 1 atom stereocenters. The summed E-state index contributed by atoms with van der Waals surface area (Å²) in [6.45, 7) is 3.56. The number of hydrogen-bond acceptors (Lipinski definition) is 9. The zero-order chi connectivity index (χ0) is 31.1. The maximum atomic E-state index is 15.2. The molecule has 0 saturated heterocycles. The minimum absolute atomic E-state index is 0.00830. The van der Waals surface area contributed by atoms with Crippen molar-refractivity contribution in [3.8, 4) is 21.1 Å². The van der Waals surface area contributed by atoms with Gasteiger partial charge in [-0.2, -0.15) is 17.9 Å². The molecule has 2 N–H and O–H groups in total. The van der Waals surface area contributed by atoms with Gasteiger partial charge in [0.1, 0.15) is 27.4 Å². The molecule has 0 aliphatic heterocycles. The second-order valence-electron chi connectivity index (χ2n) is 9.26. The lowest BCUT2D eigenvalue weighted by molar-refractivity contribution is -0.151. The summed E-state index contributed by atoms with van der Waals surface area (Å²) in [6.07, 6.45) is -8.76. The van der Waals surface area contributed by atoms with Crippen LogP contribution in [0.2, 0.25) is 0 Å². The zero-order valence-electron chi connectivity index (χ0n) is 21.5. The minimum Gasteiger partial charge on any atom is -0.476 e.